The van der Waals surface area contributed by atoms with Crippen LogP contribution in [-0.4, -0.2) is 18.4 Å². The molecule has 0 aliphatic carbocycles. The molecule has 0 saturated carbocycles. The number of rotatable bonds is 5. The van der Waals surface area contributed by atoms with E-state index in [2.05, 4.69) is 25.2 Å². The lowest BCUT2D eigenvalue weighted by Crippen LogP contribution is -2.36. The molecule has 0 aliphatic rings. The monoisotopic (exact) mass is 302 g/mol. The van der Waals surface area contributed by atoms with Gasteiger partial charge in [-0.15, -0.1) is 11.3 Å². The van der Waals surface area contributed by atoms with Crippen LogP contribution in [-0.2, 0) is 5.41 Å². The van der Waals surface area contributed by atoms with Gasteiger partial charge in [-0.25, -0.2) is 0 Å². The minimum absolute atomic E-state index is 0.134. The van der Waals surface area contributed by atoms with Crippen molar-refractivity contribution in [1.29, 1.82) is 0 Å². The van der Waals surface area contributed by atoms with Crippen molar-refractivity contribution in [2.75, 3.05) is 6.54 Å². The number of carbonyl (C=O) groups excluding carboxylic acids is 2. The fraction of sp³-hybridized carbons (Fsp3) is 0.250. The minimum atomic E-state index is -0.538. The molecule has 2 aromatic rings. The first-order valence-electron chi connectivity index (χ1n) is 6.62. The number of hydrogen-bond donors (Lipinski definition) is 2. The topological polar surface area (TPSA) is 72.2 Å². The molecule has 0 bridgehead atoms. The number of nitrogens with two attached hydrogens (primary N) is 1. The van der Waals surface area contributed by atoms with Crippen LogP contribution in [0.2, 0.25) is 0 Å². The van der Waals surface area contributed by atoms with Crippen LogP contribution < -0.4 is 11.1 Å². The second-order valence-electron chi connectivity index (χ2n) is 5.49. The molecule has 2 amide bonds. The molecule has 0 unspecified atom stereocenters. The van der Waals surface area contributed by atoms with E-state index in [1.54, 1.807) is 29.5 Å². The summed E-state index contributed by atoms with van der Waals surface area (Å²) < 4.78 is 0. The van der Waals surface area contributed by atoms with E-state index in [4.69, 9.17) is 5.73 Å². The molecule has 0 aliphatic heterocycles. The van der Waals surface area contributed by atoms with E-state index in [-0.39, 0.29) is 11.3 Å². The van der Waals surface area contributed by atoms with E-state index in [9.17, 15) is 9.59 Å². The predicted molar refractivity (Wildman–Crippen MR) is 84.6 cm³/mol. The minimum Gasteiger partial charge on any atom is -0.366 e. The first-order chi connectivity index (χ1) is 9.90. The molecule has 0 radical (unpaired) electrons. The highest BCUT2D eigenvalue weighted by Gasteiger charge is 2.22. The maximum atomic E-state index is 12.2. The van der Waals surface area contributed by atoms with Gasteiger partial charge in [-0.05, 0) is 29.6 Å². The highest BCUT2D eigenvalue weighted by atomic mass is 32.1. The Morgan fingerprint density at radius 3 is 2.52 bits per heavy atom. The number of amides is 2. The molecule has 3 N–H and O–H groups in total. The fourth-order valence-corrected chi connectivity index (χ4v) is 2.82. The molecule has 4 nitrogen and oxygen atoms in total. The summed E-state index contributed by atoms with van der Waals surface area (Å²) in [6, 6.07) is 10.5. The highest BCUT2D eigenvalue weighted by molar-refractivity contribution is 7.10. The average molecular weight is 302 g/mol. The summed E-state index contributed by atoms with van der Waals surface area (Å²) in [5, 5.41) is 4.93. The Bertz CT molecular complexity index is 648. The van der Waals surface area contributed by atoms with E-state index in [0.29, 0.717) is 17.7 Å². The van der Waals surface area contributed by atoms with Gasteiger partial charge in [0, 0.05) is 28.0 Å². The Morgan fingerprint density at radius 1 is 1.19 bits per heavy atom. The molecule has 0 saturated heterocycles. The van der Waals surface area contributed by atoms with Crippen molar-refractivity contribution in [3.63, 3.8) is 0 Å². The third kappa shape index (κ3) is 3.70. The molecule has 1 aromatic heterocycles. The summed E-state index contributed by atoms with van der Waals surface area (Å²) in [5.41, 5.74) is 5.86. The second-order valence-corrected chi connectivity index (χ2v) is 6.44. The summed E-state index contributed by atoms with van der Waals surface area (Å²) in [6.45, 7) is 4.69. The highest BCUT2D eigenvalue weighted by Crippen LogP contribution is 2.26. The first-order valence-corrected chi connectivity index (χ1v) is 7.50. The normalized spacial score (nSPS) is 11.1. The SMILES string of the molecule is CC(C)(CNC(=O)c1cccc(C(N)=O)c1)c1cccs1. The van der Waals surface area contributed by atoms with E-state index in [1.165, 1.54) is 10.9 Å². The Hall–Kier alpha value is -2.14. The zero-order valence-electron chi connectivity index (χ0n) is 12.1. The summed E-state index contributed by atoms with van der Waals surface area (Å²) in [4.78, 5) is 24.5. The molecule has 21 heavy (non-hydrogen) atoms. The second kappa shape index (κ2) is 6.10. The van der Waals surface area contributed by atoms with Gasteiger partial charge in [-0.1, -0.05) is 26.0 Å². The molecule has 5 heteroatoms. The largest absolute Gasteiger partial charge is 0.366 e. The van der Waals surface area contributed by atoms with Crippen molar-refractivity contribution < 1.29 is 9.59 Å². The third-order valence-corrected chi connectivity index (χ3v) is 4.52. The molecule has 1 aromatic carbocycles. The van der Waals surface area contributed by atoms with Gasteiger partial charge in [0.05, 0.1) is 0 Å². The third-order valence-electron chi connectivity index (χ3n) is 3.29. The number of nitrogens with one attached hydrogen (secondary N) is 1. The summed E-state index contributed by atoms with van der Waals surface area (Å²) >= 11 is 1.67. The average Bonchev–Trinajstić information content (AvgIpc) is 3.00. The Balaban J connectivity index is 2.05. The zero-order valence-corrected chi connectivity index (χ0v) is 12.9. The lowest BCUT2D eigenvalue weighted by Gasteiger charge is -2.23. The van der Waals surface area contributed by atoms with Crippen molar-refractivity contribution in [2.45, 2.75) is 19.3 Å². The van der Waals surface area contributed by atoms with Crippen LogP contribution >= 0.6 is 11.3 Å². The molecular formula is C16H18N2O2S. The van der Waals surface area contributed by atoms with Gasteiger partial charge in [0.2, 0.25) is 5.91 Å². The first kappa shape index (κ1) is 15.3. The van der Waals surface area contributed by atoms with E-state index < -0.39 is 5.91 Å². The van der Waals surface area contributed by atoms with Crippen LogP contribution in [0.3, 0.4) is 0 Å². The fourth-order valence-electron chi connectivity index (χ4n) is 1.97. The van der Waals surface area contributed by atoms with Gasteiger partial charge in [-0.3, -0.25) is 9.59 Å². The molecule has 2 rings (SSSR count). The predicted octanol–water partition coefficient (Wildman–Crippen LogP) is 2.55. The van der Waals surface area contributed by atoms with Crippen molar-refractivity contribution >= 4 is 23.2 Å². The number of primary amides is 1. The quantitative estimate of drug-likeness (QED) is 0.891. The van der Waals surface area contributed by atoms with Gasteiger partial charge in [0.1, 0.15) is 0 Å². The van der Waals surface area contributed by atoms with Crippen molar-refractivity contribution in [3.8, 4) is 0 Å². The number of thiophene rings is 1. The van der Waals surface area contributed by atoms with Gasteiger partial charge < -0.3 is 11.1 Å². The summed E-state index contributed by atoms with van der Waals surface area (Å²) in [7, 11) is 0. The molecule has 1 heterocycles. The number of carbonyl (C=O) groups is 2. The van der Waals surface area contributed by atoms with Gasteiger partial charge in [0.25, 0.3) is 5.91 Å². The van der Waals surface area contributed by atoms with Gasteiger partial charge in [0.15, 0.2) is 0 Å². The van der Waals surface area contributed by atoms with Crippen LogP contribution in [0, 0.1) is 0 Å². The molecular weight excluding hydrogens is 284 g/mol. The van der Waals surface area contributed by atoms with E-state index in [1.807, 2.05) is 11.4 Å². The van der Waals surface area contributed by atoms with E-state index >= 15 is 0 Å². The van der Waals surface area contributed by atoms with Crippen LogP contribution in [0.5, 0.6) is 0 Å². The molecule has 0 spiro atoms. The maximum absolute atomic E-state index is 12.2. The lowest BCUT2D eigenvalue weighted by molar-refractivity contribution is 0.0946. The van der Waals surface area contributed by atoms with Crippen molar-refractivity contribution in [3.05, 3.63) is 57.8 Å². The zero-order chi connectivity index (χ0) is 15.5. The Morgan fingerprint density at radius 2 is 1.90 bits per heavy atom. The smallest absolute Gasteiger partial charge is 0.251 e. The van der Waals surface area contributed by atoms with Gasteiger partial charge >= 0.3 is 0 Å². The lowest BCUT2D eigenvalue weighted by atomic mass is 9.91. The molecule has 0 atom stereocenters. The number of benzene rings is 1. The standard InChI is InChI=1S/C16H18N2O2S/c1-16(2,13-7-4-8-21-13)10-18-15(20)12-6-3-5-11(9-12)14(17)19/h3-9H,10H2,1-2H3,(H2,17,19)(H,18,20). The van der Waals surface area contributed by atoms with Crippen LogP contribution in [0.4, 0.5) is 0 Å². The summed E-state index contributed by atoms with van der Waals surface area (Å²) in [6.07, 6.45) is 0. The van der Waals surface area contributed by atoms with Crippen LogP contribution in [0.25, 0.3) is 0 Å². The Kier molecular flexibility index (Phi) is 4.43. The molecule has 0 fully saturated rings. The van der Waals surface area contributed by atoms with Crippen LogP contribution in [0.1, 0.15) is 39.4 Å². The number of hydrogen-bond acceptors (Lipinski definition) is 3. The summed E-state index contributed by atoms with van der Waals surface area (Å²) in [5.74, 6) is -0.744. The van der Waals surface area contributed by atoms with Crippen molar-refractivity contribution in [1.82, 2.24) is 5.32 Å². The van der Waals surface area contributed by atoms with E-state index in [0.717, 1.165) is 0 Å². The Labute approximate surface area is 128 Å². The van der Waals surface area contributed by atoms with Gasteiger partial charge in [-0.2, -0.15) is 0 Å². The van der Waals surface area contributed by atoms with Crippen LogP contribution in [0.15, 0.2) is 41.8 Å². The molecule has 110 valence electrons. The van der Waals surface area contributed by atoms with Crippen molar-refractivity contribution in [2.24, 2.45) is 5.73 Å². The maximum Gasteiger partial charge on any atom is 0.251 e.